The molecule has 58 heavy (non-hydrogen) atoms. The molecule has 0 unspecified atom stereocenters. The Morgan fingerprint density at radius 2 is 0.741 bits per heavy atom. The summed E-state index contributed by atoms with van der Waals surface area (Å²) in [5.74, 6) is -1.36. The molecule has 0 bridgehead atoms. The summed E-state index contributed by atoms with van der Waals surface area (Å²) in [5, 5.41) is 0. The van der Waals surface area contributed by atoms with Gasteiger partial charge in [-0.1, -0.05) is 84.2 Å². The molecule has 0 saturated heterocycles. The maximum Gasteiger partial charge on any atom is 3.00 e. The number of nitrogens with zero attached hydrogens (tertiary/aromatic N) is 6. The molecule has 7 aromatic rings. The minimum absolute atomic E-state index is 0. The van der Waals surface area contributed by atoms with Crippen LogP contribution in [0.25, 0.3) is 33.8 Å². The summed E-state index contributed by atoms with van der Waals surface area (Å²) < 4.78 is 1.89. The molecular formula is C45H30Br3IrN6O3. The fourth-order valence-electron chi connectivity index (χ4n) is 6.06. The number of anilines is 3. The average molecular weight is 1130 g/mol. The fourth-order valence-corrected chi connectivity index (χ4v) is 7.89. The van der Waals surface area contributed by atoms with Crippen molar-refractivity contribution in [3.8, 4) is 33.8 Å². The zero-order valence-electron chi connectivity index (χ0n) is 31.0. The van der Waals surface area contributed by atoms with Crippen molar-refractivity contribution in [3.63, 3.8) is 0 Å². The van der Waals surface area contributed by atoms with Crippen molar-refractivity contribution in [1.82, 2.24) is 15.0 Å². The Morgan fingerprint density at radius 3 is 0.966 bits per heavy atom. The minimum atomic E-state index is -0.452. The summed E-state index contributed by atoms with van der Waals surface area (Å²) in [7, 11) is 4.87. The second-order valence-electron chi connectivity index (χ2n) is 12.8. The van der Waals surface area contributed by atoms with E-state index < -0.39 is 17.7 Å². The van der Waals surface area contributed by atoms with Crippen molar-refractivity contribution in [1.29, 1.82) is 0 Å². The molecule has 3 aromatic heterocycles. The number of hydrogen-bond acceptors (Lipinski definition) is 6. The van der Waals surface area contributed by atoms with Gasteiger partial charge in [0.2, 0.25) is 17.7 Å². The van der Waals surface area contributed by atoms with E-state index in [1.807, 2.05) is 72.8 Å². The van der Waals surface area contributed by atoms with Crippen LogP contribution in [0.5, 0.6) is 0 Å². The van der Waals surface area contributed by atoms with Crippen LogP contribution < -0.4 is 14.7 Å². The monoisotopic (exact) mass is 1130 g/mol. The molecule has 3 heterocycles. The van der Waals surface area contributed by atoms with E-state index in [0.29, 0.717) is 30.5 Å². The van der Waals surface area contributed by atoms with Crippen molar-refractivity contribution >= 4 is 82.6 Å². The zero-order valence-corrected chi connectivity index (χ0v) is 38.2. The topological polar surface area (TPSA) is 99.6 Å². The van der Waals surface area contributed by atoms with Crippen molar-refractivity contribution in [2.75, 3.05) is 35.8 Å². The van der Waals surface area contributed by atoms with Crippen LogP contribution in [0.4, 0.5) is 17.1 Å². The predicted octanol–water partition coefficient (Wildman–Crippen LogP) is 10.4. The number of aromatic nitrogens is 3. The Bertz CT molecular complexity index is 2340. The van der Waals surface area contributed by atoms with Crippen LogP contribution in [-0.2, 0) is 20.1 Å². The van der Waals surface area contributed by atoms with Gasteiger partial charge in [-0.15, -0.1) is 71.3 Å². The van der Waals surface area contributed by atoms with Crippen molar-refractivity contribution in [2.45, 2.75) is 0 Å². The van der Waals surface area contributed by atoms with Gasteiger partial charge < -0.3 is 29.7 Å². The number of halogens is 3. The first-order valence-corrected chi connectivity index (χ1v) is 19.7. The quantitative estimate of drug-likeness (QED) is 0.134. The van der Waals surface area contributed by atoms with Crippen LogP contribution in [0, 0.1) is 18.2 Å². The van der Waals surface area contributed by atoms with Gasteiger partial charge in [-0.2, -0.15) is 0 Å². The zero-order chi connectivity index (χ0) is 40.2. The predicted molar refractivity (Wildman–Crippen MR) is 233 cm³/mol. The molecule has 0 atom stereocenters. The summed E-state index contributed by atoms with van der Waals surface area (Å²) in [4.78, 5) is 60.5. The van der Waals surface area contributed by atoms with Crippen LogP contribution >= 0.6 is 47.8 Å². The molecule has 13 heteroatoms. The maximum atomic E-state index is 14.3. The Kier molecular flexibility index (Phi) is 13.6. The molecule has 3 amide bonds. The second kappa shape index (κ2) is 18.6. The second-order valence-corrected chi connectivity index (χ2v) is 15.3. The molecule has 7 rings (SSSR count). The first kappa shape index (κ1) is 42.4. The summed E-state index contributed by atoms with van der Waals surface area (Å²) in [5.41, 5.74) is 6.37. The standard InChI is InChI=1S/C45H30Br3N6O3.Ir/c1-52(40-16-13-28(25-34(40)46)37-10-4-7-19-49-37)43(55)31-22-32(44(56)53(2)41-17-14-29(26-35(41)47)38-11-5-8-20-50-38)24-33(23-31)45(57)54(3)42-18-15-30(27-36(42)48)39-12-6-9-21-51-39;/h4-12,16-27H,1-3H3;/q-3;+3. The van der Waals surface area contributed by atoms with Gasteiger partial charge in [0, 0.05) is 56.4 Å². The Balaban J connectivity index is 0.00000567. The smallest absolute Gasteiger partial charge is 0.350 e. The van der Waals surface area contributed by atoms with Crippen LogP contribution in [0.1, 0.15) is 31.1 Å². The van der Waals surface area contributed by atoms with Gasteiger partial charge >= 0.3 is 20.1 Å². The van der Waals surface area contributed by atoms with E-state index in [4.69, 9.17) is 0 Å². The minimum Gasteiger partial charge on any atom is -0.350 e. The SMILES string of the molecule is CN(C(=O)c1cc(C(=O)N(C)c2c[c-]c(-c3ccccn3)cc2Br)cc(C(=O)N(C)c2c[c-]c(-c3ccccn3)cc2Br)c1)c1c[c-]c(-c2ccccn2)cc1Br.[Ir+3]. The van der Waals surface area contributed by atoms with E-state index in [0.717, 1.165) is 33.8 Å². The number of amides is 3. The van der Waals surface area contributed by atoms with Crippen molar-refractivity contribution in [2.24, 2.45) is 0 Å². The number of pyridine rings is 3. The van der Waals surface area contributed by atoms with Crippen LogP contribution in [0.15, 0.2) is 141 Å². The van der Waals surface area contributed by atoms with Gasteiger partial charge in [0.1, 0.15) is 0 Å². The summed E-state index contributed by atoms with van der Waals surface area (Å²) in [6.07, 6.45) is 5.10. The van der Waals surface area contributed by atoms with Gasteiger partial charge in [0.25, 0.3) is 0 Å². The summed E-state index contributed by atoms with van der Waals surface area (Å²) in [6.45, 7) is 0. The van der Waals surface area contributed by atoms with Crippen LogP contribution in [-0.4, -0.2) is 53.8 Å². The largest absolute Gasteiger partial charge is 3.00 e. The molecule has 0 aliphatic carbocycles. The molecule has 0 spiro atoms. The van der Waals surface area contributed by atoms with E-state index in [1.165, 1.54) is 32.9 Å². The molecule has 4 aromatic carbocycles. The molecule has 288 valence electrons. The van der Waals surface area contributed by atoms with Crippen molar-refractivity contribution in [3.05, 3.63) is 176 Å². The number of rotatable bonds is 9. The molecule has 9 nitrogen and oxygen atoms in total. The first-order valence-electron chi connectivity index (χ1n) is 17.4. The Morgan fingerprint density at radius 1 is 0.466 bits per heavy atom. The Labute approximate surface area is 374 Å². The molecule has 0 aliphatic rings. The molecular weight excluding hydrogens is 1100 g/mol. The molecule has 0 saturated carbocycles. The van der Waals surface area contributed by atoms with E-state index >= 15 is 0 Å². The molecule has 0 fully saturated rings. The molecule has 0 N–H and O–H groups in total. The third-order valence-electron chi connectivity index (χ3n) is 9.13. The van der Waals surface area contributed by atoms with E-state index in [-0.39, 0.29) is 36.8 Å². The van der Waals surface area contributed by atoms with Crippen molar-refractivity contribution < 1.29 is 34.5 Å². The normalized spacial score (nSPS) is 10.7. The first-order chi connectivity index (χ1) is 27.5. The fraction of sp³-hybridized carbons (Fsp3) is 0.0667. The summed E-state index contributed by atoms with van der Waals surface area (Å²) in [6, 6.07) is 41.5. The number of benzene rings is 4. The van der Waals surface area contributed by atoms with Crippen LogP contribution in [0.3, 0.4) is 0 Å². The van der Waals surface area contributed by atoms with E-state index in [1.54, 1.807) is 57.9 Å². The van der Waals surface area contributed by atoms with E-state index in [9.17, 15) is 14.4 Å². The Hall–Kier alpha value is -5.17. The number of carbonyl (C=O) groups excluding carboxylic acids is 3. The molecule has 0 radical (unpaired) electrons. The third-order valence-corrected chi connectivity index (χ3v) is 11.0. The average Bonchev–Trinajstić information content (AvgIpc) is 3.25. The maximum absolute atomic E-state index is 14.3. The van der Waals surface area contributed by atoms with Gasteiger partial charge in [-0.25, -0.2) is 0 Å². The van der Waals surface area contributed by atoms with Gasteiger partial charge in [0.15, 0.2) is 0 Å². The van der Waals surface area contributed by atoms with Crippen LogP contribution in [0.2, 0.25) is 0 Å². The number of hydrogen-bond donors (Lipinski definition) is 0. The summed E-state index contributed by atoms with van der Waals surface area (Å²) >= 11 is 10.9. The van der Waals surface area contributed by atoms with Gasteiger partial charge in [0.05, 0.1) is 0 Å². The van der Waals surface area contributed by atoms with Gasteiger partial charge in [-0.3, -0.25) is 14.4 Å². The molecule has 0 aliphatic heterocycles. The van der Waals surface area contributed by atoms with E-state index in [2.05, 4.69) is 80.9 Å². The number of carbonyl (C=O) groups is 3. The third kappa shape index (κ3) is 9.09. The van der Waals surface area contributed by atoms with Gasteiger partial charge in [-0.05, 0) is 84.0 Å².